The van der Waals surface area contributed by atoms with Crippen LogP contribution >= 0.6 is 0 Å². The number of nitrogens with one attached hydrogen (secondary N) is 3. The molecular weight excluding hydrogens is 254 g/mol. The van der Waals surface area contributed by atoms with Crippen LogP contribution in [0.25, 0.3) is 0 Å². The number of piperidine rings is 1. The molecule has 0 aromatic heterocycles. The third-order valence-electron chi connectivity index (χ3n) is 3.44. The van der Waals surface area contributed by atoms with Crippen LogP contribution in [0.1, 0.15) is 12.8 Å². The van der Waals surface area contributed by atoms with E-state index < -0.39 is 0 Å². The molecule has 1 aliphatic rings. The van der Waals surface area contributed by atoms with Gasteiger partial charge in [0.25, 0.3) is 0 Å². The summed E-state index contributed by atoms with van der Waals surface area (Å²) in [5, 5.41) is 9.63. The van der Waals surface area contributed by atoms with E-state index in [1.54, 1.807) is 0 Å². The van der Waals surface area contributed by atoms with Crippen LogP contribution in [0.4, 0.5) is 11.4 Å². The molecule has 1 unspecified atom stereocenters. The van der Waals surface area contributed by atoms with Gasteiger partial charge in [-0.25, -0.2) is 0 Å². The Morgan fingerprint density at radius 1 is 1.35 bits per heavy atom. The van der Waals surface area contributed by atoms with Crippen LogP contribution < -0.4 is 16.0 Å². The first-order valence-electron chi connectivity index (χ1n) is 7.11. The minimum atomic E-state index is -0.138. The number of rotatable bonds is 6. The molecule has 1 heterocycles. The molecule has 1 amide bonds. The molecule has 0 aliphatic carbocycles. The first kappa shape index (κ1) is 14.8. The number of ether oxygens (including phenoxy) is 1. The lowest BCUT2D eigenvalue weighted by molar-refractivity contribution is -0.119. The van der Waals surface area contributed by atoms with Crippen molar-refractivity contribution in [1.29, 1.82) is 0 Å². The largest absolute Gasteiger partial charge is 0.385 e. The fourth-order valence-electron chi connectivity index (χ4n) is 2.36. The number of hydrogen-bond donors (Lipinski definition) is 3. The summed E-state index contributed by atoms with van der Waals surface area (Å²) in [6.45, 7) is 3.31. The SMILES string of the molecule is COCC(=O)Nc1ccc(NCC2CCCNC2)cc1. The van der Waals surface area contributed by atoms with Crippen LogP contribution in [0.3, 0.4) is 0 Å². The quantitative estimate of drug-likeness (QED) is 0.740. The van der Waals surface area contributed by atoms with E-state index in [2.05, 4.69) is 16.0 Å². The number of methoxy groups -OCH3 is 1. The Bertz CT molecular complexity index is 414. The van der Waals surface area contributed by atoms with E-state index in [-0.39, 0.29) is 12.5 Å². The Balaban J connectivity index is 1.77. The zero-order valence-electron chi connectivity index (χ0n) is 11.9. The van der Waals surface area contributed by atoms with Gasteiger partial charge in [0.2, 0.25) is 5.91 Å². The van der Waals surface area contributed by atoms with E-state index in [1.165, 1.54) is 20.0 Å². The molecule has 1 aromatic rings. The molecule has 20 heavy (non-hydrogen) atoms. The van der Waals surface area contributed by atoms with Gasteiger partial charge in [-0.1, -0.05) is 0 Å². The van der Waals surface area contributed by atoms with Gasteiger partial charge >= 0.3 is 0 Å². The lowest BCUT2D eigenvalue weighted by Crippen LogP contribution is -2.33. The number of carbonyl (C=O) groups excluding carboxylic acids is 1. The van der Waals surface area contributed by atoms with Crippen molar-refractivity contribution >= 4 is 17.3 Å². The van der Waals surface area contributed by atoms with Gasteiger partial charge in [0.15, 0.2) is 0 Å². The van der Waals surface area contributed by atoms with Gasteiger partial charge in [0.1, 0.15) is 6.61 Å². The molecule has 0 bridgehead atoms. The van der Waals surface area contributed by atoms with Gasteiger partial charge in [0.05, 0.1) is 0 Å². The van der Waals surface area contributed by atoms with Crippen molar-refractivity contribution in [2.75, 3.05) is 44.0 Å². The van der Waals surface area contributed by atoms with Crippen molar-refractivity contribution in [3.05, 3.63) is 24.3 Å². The minimum absolute atomic E-state index is 0.0781. The maximum absolute atomic E-state index is 11.4. The average Bonchev–Trinajstić information content (AvgIpc) is 2.48. The zero-order chi connectivity index (χ0) is 14.2. The van der Waals surface area contributed by atoms with Crippen LogP contribution in [-0.2, 0) is 9.53 Å². The van der Waals surface area contributed by atoms with E-state index in [0.717, 1.165) is 31.0 Å². The third-order valence-corrected chi connectivity index (χ3v) is 3.44. The summed E-state index contributed by atoms with van der Waals surface area (Å²) >= 11 is 0. The first-order valence-corrected chi connectivity index (χ1v) is 7.11. The van der Waals surface area contributed by atoms with Crippen LogP contribution in [0.5, 0.6) is 0 Å². The van der Waals surface area contributed by atoms with Gasteiger partial charge in [0, 0.05) is 25.0 Å². The van der Waals surface area contributed by atoms with E-state index in [1.807, 2.05) is 24.3 Å². The molecule has 2 rings (SSSR count). The highest BCUT2D eigenvalue weighted by Crippen LogP contribution is 2.16. The predicted octanol–water partition coefficient (Wildman–Crippen LogP) is 1.68. The van der Waals surface area contributed by atoms with E-state index in [9.17, 15) is 4.79 Å². The molecule has 0 radical (unpaired) electrons. The summed E-state index contributed by atoms with van der Waals surface area (Å²) in [5.41, 5.74) is 1.87. The average molecular weight is 277 g/mol. The molecule has 1 aliphatic heterocycles. The van der Waals surface area contributed by atoms with Crippen LogP contribution in [0.2, 0.25) is 0 Å². The second kappa shape index (κ2) is 7.87. The fraction of sp³-hybridized carbons (Fsp3) is 0.533. The van der Waals surface area contributed by atoms with Crippen molar-refractivity contribution in [2.24, 2.45) is 5.92 Å². The van der Waals surface area contributed by atoms with Crippen LogP contribution in [0, 0.1) is 5.92 Å². The Labute approximate surface area is 120 Å². The summed E-state index contributed by atoms with van der Waals surface area (Å²) in [7, 11) is 1.51. The van der Waals surface area contributed by atoms with Crippen LogP contribution in [0.15, 0.2) is 24.3 Å². The van der Waals surface area contributed by atoms with E-state index >= 15 is 0 Å². The number of amides is 1. The molecule has 1 aromatic carbocycles. The highest BCUT2D eigenvalue weighted by atomic mass is 16.5. The number of benzene rings is 1. The Kier molecular flexibility index (Phi) is 5.83. The second-order valence-electron chi connectivity index (χ2n) is 5.15. The normalized spacial score (nSPS) is 18.6. The van der Waals surface area contributed by atoms with Crippen molar-refractivity contribution in [1.82, 2.24) is 5.32 Å². The summed E-state index contributed by atoms with van der Waals surface area (Å²) < 4.78 is 4.77. The molecule has 3 N–H and O–H groups in total. The molecular formula is C15H23N3O2. The van der Waals surface area contributed by atoms with Gasteiger partial charge in [-0.2, -0.15) is 0 Å². The fourth-order valence-corrected chi connectivity index (χ4v) is 2.36. The predicted molar refractivity (Wildman–Crippen MR) is 81.0 cm³/mol. The van der Waals surface area contributed by atoms with Gasteiger partial charge in [-0.15, -0.1) is 0 Å². The first-order chi connectivity index (χ1) is 9.78. The maximum Gasteiger partial charge on any atom is 0.250 e. The molecule has 110 valence electrons. The number of hydrogen-bond acceptors (Lipinski definition) is 4. The van der Waals surface area contributed by atoms with E-state index in [0.29, 0.717) is 5.92 Å². The van der Waals surface area contributed by atoms with Gasteiger partial charge < -0.3 is 20.7 Å². The third kappa shape index (κ3) is 4.83. The van der Waals surface area contributed by atoms with Crippen molar-refractivity contribution < 1.29 is 9.53 Å². The molecule has 0 spiro atoms. The van der Waals surface area contributed by atoms with Crippen molar-refractivity contribution in [3.63, 3.8) is 0 Å². The van der Waals surface area contributed by atoms with Crippen molar-refractivity contribution in [3.8, 4) is 0 Å². The van der Waals surface area contributed by atoms with E-state index in [4.69, 9.17) is 4.74 Å². The monoisotopic (exact) mass is 277 g/mol. The topological polar surface area (TPSA) is 62.4 Å². The summed E-state index contributed by atoms with van der Waals surface area (Å²) in [5.74, 6) is 0.561. The molecule has 1 fully saturated rings. The maximum atomic E-state index is 11.4. The Hall–Kier alpha value is -1.59. The Morgan fingerprint density at radius 2 is 2.10 bits per heavy atom. The lowest BCUT2D eigenvalue weighted by Gasteiger charge is -2.23. The zero-order valence-corrected chi connectivity index (χ0v) is 11.9. The standard InChI is InChI=1S/C15H23N3O2/c1-20-11-15(19)18-14-6-4-13(5-7-14)17-10-12-3-2-8-16-9-12/h4-7,12,16-17H,2-3,8-11H2,1H3,(H,18,19). The molecule has 1 atom stereocenters. The lowest BCUT2D eigenvalue weighted by atomic mass is 10.00. The minimum Gasteiger partial charge on any atom is -0.385 e. The molecule has 0 saturated carbocycles. The smallest absolute Gasteiger partial charge is 0.250 e. The molecule has 1 saturated heterocycles. The molecule has 5 nitrogen and oxygen atoms in total. The summed E-state index contributed by atoms with van der Waals surface area (Å²) in [6.07, 6.45) is 2.54. The highest BCUT2D eigenvalue weighted by molar-refractivity contribution is 5.91. The van der Waals surface area contributed by atoms with Gasteiger partial charge in [-0.3, -0.25) is 4.79 Å². The second-order valence-corrected chi connectivity index (χ2v) is 5.15. The number of anilines is 2. The van der Waals surface area contributed by atoms with Gasteiger partial charge in [-0.05, 0) is 56.1 Å². The molecule has 5 heteroatoms. The summed E-state index contributed by atoms with van der Waals surface area (Å²) in [4.78, 5) is 11.4. The van der Waals surface area contributed by atoms with Crippen LogP contribution in [-0.4, -0.2) is 39.3 Å². The Morgan fingerprint density at radius 3 is 2.75 bits per heavy atom. The highest BCUT2D eigenvalue weighted by Gasteiger charge is 2.12. The van der Waals surface area contributed by atoms with Crippen molar-refractivity contribution in [2.45, 2.75) is 12.8 Å². The number of carbonyl (C=O) groups is 1. The summed E-state index contributed by atoms with van der Waals surface area (Å²) in [6, 6.07) is 7.77.